The number of carbonyl (C=O) groups excluding carboxylic acids is 3. The van der Waals surface area contributed by atoms with Crippen molar-refractivity contribution in [1.29, 1.82) is 0 Å². The van der Waals surface area contributed by atoms with Gasteiger partial charge in [0, 0.05) is 55.0 Å². The number of urea groups is 1. The van der Waals surface area contributed by atoms with Crippen LogP contribution in [0.4, 0.5) is 15.3 Å². The fourth-order valence-corrected chi connectivity index (χ4v) is 8.80. The third-order valence-corrected chi connectivity index (χ3v) is 11.6. The van der Waals surface area contributed by atoms with E-state index in [1.54, 1.807) is 22.4 Å². The number of piperidine rings is 3. The summed E-state index contributed by atoms with van der Waals surface area (Å²) in [7, 11) is 2.19. The van der Waals surface area contributed by atoms with Gasteiger partial charge >= 0.3 is 12.1 Å². The van der Waals surface area contributed by atoms with Crippen LogP contribution in [0.1, 0.15) is 49.7 Å². The number of halogens is 1. The van der Waals surface area contributed by atoms with Crippen LogP contribution in [0.25, 0.3) is 10.9 Å². The molecule has 4 amide bonds. The topological polar surface area (TPSA) is 114 Å². The maximum Gasteiger partial charge on any atom is 0.410 e. The summed E-state index contributed by atoms with van der Waals surface area (Å²) in [6.45, 7) is 5.14. The van der Waals surface area contributed by atoms with Crippen LogP contribution < -0.4 is 5.32 Å². The standard InChI is InChI=1S/C33H42ClN7O4S/c1-38-8-2-22(3-9-38)23-4-10-39(11-5-23)31(42)29(16-21-14-24-17-35-37-30(24)27(34)15-21)45-33(44)40-12-6-26(7-13-40)41-18-25-19-46-20-28(25)36-32(41)43/h14-15,17,19-20,22-23,26,29H,2-13,16,18H2,1H3,(H,35,37)(H,36,43)/t29-/m1/s1. The largest absolute Gasteiger partial charge is 0.436 e. The van der Waals surface area contributed by atoms with Gasteiger partial charge in [0.15, 0.2) is 6.10 Å². The molecule has 11 nitrogen and oxygen atoms in total. The number of fused-ring (bicyclic) bond motifs is 2. The molecule has 7 rings (SSSR count). The lowest BCUT2D eigenvalue weighted by atomic mass is 9.79. The zero-order valence-corrected chi connectivity index (χ0v) is 27.8. The number of H-pyrrole nitrogens is 1. The molecule has 1 atom stereocenters. The number of benzene rings is 1. The molecule has 0 aliphatic carbocycles. The molecule has 13 heteroatoms. The summed E-state index contributed by atoms with van der Waals surface area (Å²) in [6.07, 6.45) is 6.20. The van der Waals surface area contributed by atoms with Gasteiger partial charge in [-0.15, -0.1) is 11.3 Å². The number of likely N-dealkylation sites (tertiary alicyclic amines) is 3. The number of nitrogens with zero attached hydrogens (tertiary/aromatic N) is 5. The van der Waals surface area contributed by atoms with E-state index < -0.39 is 12.2 Å². The van der Waals surface area contributed by atoms with E-state index in [2.05, 4.69) is 32.8 Å². The highest BCUT2D eigenvalue weighted by Crippen LogP contribution is 2.34. The van der Waals surface area contributed by atoms with Crippen LogP contribution in [0, 0.1) is 11.8 Å². The minimum Gasteiger partial charge on any atom is -0.436 e. The van der Waals surface area contributed by atoms with Crippen molar-refractivity contribution >= 4 is 57.6 Å². The summed E-state index contributed by atoms with van der Waals surface area (Å²) in [4.78, 5) is 48.2. The molecule has 6 heterocycles. The Bertz CT molecular complexity index is 1570. The zero-order chi connectivity index (χ0) is 31.8. The number of hydrogen-bond donors (Lipinski definition) is 2. The van der Waals surface area contributed by atoms with Gasteiger partial charge in [0.25, 0.3) is 5.91 Å². The van der Waals surface area contributed by atoms with Crippen molar-refractivity contribution < 1.29 is 19.1 Å². The molecule has 3 saturated heterocycles. The lowest BCUT2D eigenvalue weighted by Crippen LogP contribution is -2.52. The summed E-state index contributed by atoms with van der Waals surface area (Å²) in [6, 6.07) is 3.70. The highest BCUT2D eigenvalue weighted by Gasteiger charge is 2.37. The van der Waals surface area contributed by atoms with E-state index in [0.717, 1.165) is 59.6 Å². The number of aromatic nitrogens is 2. The van der Waals surface area contributed by atoms with Crippen LogP contribution in [-0.2, 0) is 22.5 Å². The number of carbonyl (C=O) groups is 3. The first-order valence-electron chi connectivity index (χ1n) is 16.5. The monoisotopic (exact) mass is 667 g/mol. The Balaban J connectivity index is 1.00. The second-order valence-electron chi connectivity index (χ2n) is 13.4. The molecule has 246 valence electrons. The molecule has 2 aromatic heterocycles. The lowest BCUT2D eigenvalue weighted by Gasteiger charge is -2.41. The molecule has 3 fully saturated rings. The number of rotatable bonds is 6. The number of ether oxygens (including phenoxy) is 1. The molecule has 4 aliphatic rings. The van der Waals surface area contributed by atoms with Gasteiger partial charge in [-0.1, -0.05) is 11.6 Å². The Hall–Kier alpha value is -3.35. The summed E-state index contributed by atoms with van der Waals surface area (Å²) in [5, 5.41) is 15.4. The normalized spacial score (nSPS) is 21.3. The molecule has 46 heavy (non-hydrogen) atoms. The highest BCUT2D eigenvalue weighted by atomic mass is 35.5. The van der Waals surface area contributed by atoms with Gasteiger partial charge in [0.05, 0.1) is 29.0 Å². The molecule has 4 aliphatic heterocycles. The first-order chi connectivity index (χ1) is 22.3. The summed E-state index contributed by atoms with van der Waals surface area (Å²) >= 11 is 8.12. The van der Waals surface area contributed by atoms with Crippen molar-refractivity contribution in [3.05, 3.63) is 45.2 Å². The van der Waals surface area contributed by atoms with Crippen molar-refractivity contribution in [3.63, 3.8) is 0 Å². The summed E-state index contributed by atoms with van der Waals surface area (Å²) in [5.41, 5.74) is 3.56. The Morgan fingerprint density at radius 2 is 1.70 bits per heavy atom. The van der Waals surface area contributed by atoms with Crippen LogP contribution in [-0.4, -0.2) is 106 Å². The Morgan fingerprint density at radius 3 is 2.43 bits per heavy atom. The van der Waals surface area contributed by atoms with Gasteiger partial charge < -0.3 is 29.7 Å². The van der Waals surface area contributed by atoms with Gasteiger partial charge in [0.1, 0.15) is 0 Å². The Morgan fingerprint density at radius 1 is 1.00 bits per heavy atom. The Kier molecular flexibility index (Phi) is 9.11. The lowest BCUT2D eigenvalue weighted by molar-refractivity contribution is -0.142. The van der Waals surface area contributed by atoms with Crippen molar-refractivity contribution in [2.24, 2.45) is 11.8 Å². The van der Waals surface area contributed by atoms with Gasteiger partial charge in [-0.3, -0.25) is 9.89 Å². The molecule has 2 N–H and O–H groups in total. The van der Waals surface area contributed by atoms with E-state index in [1.807, 2.05) is 27.3 Å². The third kappa shape index (κ3) is 6.57. The van der Waals surface area contributed by atoms with Crippen LogP contribution in [0.3, 0.4) is 0 Å². The predicted octanol–water partition coefficient (Wildman–Crippen LogP) is 5.42. The summed E-state index contributed by atoms with van der Waals surface area (Å²) < 4.78 is 6.07. The number of nitrogens with one attached hydrogen (secondary N) is 2. The fraction of sp³-hybridized carbons (Fsp3) is 0.576. The molecule has 3 aromatic rings. The van der Waals surface area contributed by atoms with E-state index in [4.69, 9.17) is 16.3 Å². The number of hydrogen-bond acceptors (Lipinski definition) is 7. The van der Waals surface area contributed by atoms with Crippen molar-refractivity contribution in [2.75, 3.05) is 51.6 Å². The molecular formula is C33H42ClN7O4S. The molecule has 0 radical (unpaired) electrons. The van der Waals surface area contributed by atoms with Crippen molar-refractivity contribution in [3.8, 4) is 0 Å². The number of aromatic amines is 1. The molecule has 0 saturated carbocycles. The molecule has 0 bridgehead atoms. The maximum atomic E-state index is 14.0. The number of anilines is 1. The molecule has 0 spiro atoms. The van der Waals surface area contributed by atoms with Crippen LogP contribution in [0.5, 0.6) is 0 Å². The van der Waals surface area contributed by atoms with E-state index in [1.165, 1.54) is 12.8 Å². The van der Waals surface area contributed by atoms with Crippen LogP contribution in [0.2, 0.25) is 5.02 Å². The zero-order valence-electron chi connectivity index (χ0n) is 26.3. The minimum absolute atomic E-state index is 0.0317. The van der Waals surface area contributed by atoms with Crippen LogP contribution >= 0.6 is 22.9 Å². The fourth-order valence-electron chi connectivity index (χ4n) is 7.73. The van der Waals surface area contributed by atoms with Gasteiger partial charge in [-0.25, -0.2) is 9.59 Å². The average Bonchev–Trinajstić information content (AvgIpc) is 3.74. The molecule has 1 aromatic carbocycles. The molecular weight excluding hydrogens is 626 g/mol. The first-order valence-corrected chi connectivity index (χ1v) is 17.8. The average molecular weight is 668 g/mol. The van der Waals surface area contributed by atoms with Crippen molar-refractivity contribution in [1.82, 2.24) is 29.8 Å². The van der Waals surface area contributed by atoms with Gasteiger partial charge in [-0.2, -0.15) is 5.10 Å². The van der Waals surface area contributed by atoms with Gasteiger partial charge in [-0.05, 0) is 93.6 Å². The first kappa shape index (κ1) is 31.3. The van der Waals surface area contributed by atoms with E-state index >= 15 is 0 Å². The Labute approximate surface area is 278 Å². The van der Waals surface area contributed by atoms with Crippen LogP contribution in [0.15, 0.2) is 29.1 Å². The minimum atomic E-state index is -0.963. The van der Waals surface area contributed by atoms with Gasteiger partial charge in [0.2, 0.25) is 0 Å². The summed E-state index contributed by atoms with van der Waals surface area (Å²) in [5.74, 6) is 1.21. The quantitative estimate of drug-likeness (QED) is 0.363. The number of thiophene rings is 1. The second-order valence-corrected chi connectivity index (χ2v) is 14.5. The molecule has 0 unspecified atom stereocenters. The van der Waals surface area contributed by atoms with Crippen molar-refractivity contribution in [2.45, 2.75) is 63.6 Å². The SMILES string of the molecule is CN1CCC(C2CCN(C(=O)[C@@H](Cc3cc(Cl)c4[nH]ncc4c3)OC(=O)N3CCC(N4Cc5cscc5NC4=O)CC3)CC2)CC1. The number of amides is 4. The highest BCUT2D eigenvalue weighted by molar-refractivity contribution is 7.08. The maximum absolute atomic E-state index is 14.0. The smallest absolute Gasteiger partial charge is 0.410 e. The van der Waals surface area contributed by atoms with E-state index in [-0.39, 0.29) is 24.4 Å². The second kappa shape index (κ2) is 13.4. The predicted molar refractivity (Wildman–Crippen MR) is 178 cm³/mol. The van der Waals surface area contributed by atoms with E-state index in [0.29, 0.717) is 56.5 Å². The van der Waals surface area contributed by atoms with E-state index in [9.17, 15) is 14.4 Å². The third-order valence-electron chi connectivity index (χ3n) is 10.5.